The van der Waals surface area contributed by atoms with Crippen LogP contribution in [0.3, 0.4) is 0 Å². The number of aromatic nitrogens is 5. The van der Waals surface area contributed by atoms with E-state index in [1.165, 1.54) is 0 Å². The van der Waals surface area contributed by atoms with Crippen molar-refractivity contribution in [2.45, 2.75) is 33.4 Å². The topological polar surface area (TPSA) is 94.8 Å². The van der Waals surface area contributed by atoms with E-state index in [2.05, 4.69) is 25.8 Å². The number of hydrogen-bond acceptors (Lipinski definition) is 6. The Bertz CT molecular complexity index is 906. The smallest absolute Gasteiger partial charge is 0.256 e. The second kappa shape index (κ2) is 7.73. The van der Waals surface area contributed by atoms with Gasteiger partial charge in [-0.25, -0.2) is 9.67 Å². The molecule has 0 unspecified atom stereocenters. The first-order valence-electron chi connectivity index (χ1n) is 8.26. The van der Waals surface area contributed by atoms with Crippen LogP contribution >= 0.6 is 0 Å². The van der Waals surface area contributed by atoms with Crippen molar-refractivity contribution in [3.63, 3.8) is 0 Å². The van der Waals surface area contributed by atoms with Gasteiger partial charge in [0, 0.05) is 11.8 Å². The average Bonchev–Trinajstić information content (AvgIpc) is 3.09. The molecule has 0 fully saturated rings. The third-order valence-corrected chi connectivity index (χ3v) is 3.67. The Morgan fingerprint density at radius 3 is 2.88 bits per heavy atom. The van der Waals surface area contributed by atoms with Gasteiger partial charge in [-0.2, -0.15) is 0 Å². The highest BCUT2D eigenvalue weighted by Crippen LogP contribution is 2.17. The summed E-state index contributed by atoms with van der Waals surface area (Å²) in [5.41, 5.74) is 1.50. The number of pyridine rings is 1. The highest BCUT2D eigenvalue weighted by molar-refractivity contribution is 6.04. The summed E-state index contributed by atoms with van der Waals surface area (Å²) >= 11 is 0. The van der Waals surface area contributed by atoms with Crippen molar-refractivity contribution in [1.29, 1.82) is 0 Å². The molecule has 8 nitrogen and oxygen atoms in total. The first-order valence-corrected chi connectivity index (χ1v) is 8.26. The molecular formula is C18H20N6O2. The number of rotatable bonds is 6. The van der Waals surface area contributed by atoms with Gasteiger partial charge < -0.3 is 10.1 Å². The lowest BCUT2D eigenvalue weighted by molar-refractivity contribution is 0.102. The van der Waals surface area contributed by atoms with Crippen molar-refractivity contribution in [3.05, 3.63) is 59.5 Å². The third kappa shape index (κ3) is 4.21. The Morgan fingerprint density at radius 2 is 2.12 bits per heavy atom. The number of hydrogen-bond donors (Lipinski definition) is 1. The van der Waals surface area contributed by atoms with Gasteiger partial charge in [0.05, 0.1) is 6.04 Å². The molecule has 8 heteroatoms. The predicted octanol–water partition coefficient (Wildman–Crippen LogP) is 2.79. The minimum Gasteiger partial charge on any atom is -0.486 e. The molecule has 0 radical (unpaired) electrons. The zero-order valence-electron chi connectivity index (χ0n) is 14.9. The van der Waals surface area contributed by atoms with Crippen LogP contribution in [0.25, 0.3) is 0 Å². The first kappa shape index (κ1) is 17.5. The van der Waals surface area contributed by atoms with E-state index in [1.54, 1.807) is 35.1 Å². The van der Waals surface area contributed by atoms with Crippen LogP contribution in [0.2, 0.25) is 0 Å². The second-order valence-corrected chi connectivity index (χ2v) is 6.12. The van der Waals surface area contributed by atoms with Crippen molar-refractivity contribution in [3.8, 4) is 5.75 Å². The van der Waals surface area contributed by atoms with Crippen LogP contribution in [0.4, 0.5) is 5.82 Å². The summed E-state index contributed by atoms with van der Waals surface area (Å²) in [6.45, 7) is 6.14. The van der Waals surface area contributed by atoms with Crippen molar-refractivity contribution < 1.29 is 9.53 Å². The van der Waals surface area contributed by atoms with Crippen LogP contribution in [-0.4, -0.2) is 31.1 Å². The summed E-state index contributed by atoms with van der Waals surface area (Å²) in [5.74, 6) is 1.45. The SMILES string of the molecule is Cc1ccnc(NC(=O)c2cccc(OCc3nnnn3C(C)C)c2)c1. The summed E-state index contributed by atoms with van der Waals surface area (Å²) in [7, 11) is 0. The molecule has 26 heavy (non-hydrogen) atoms. The largest absolute Gasteiger partial charge is 0.486 e. The molecule has 134 valence electrons. The molecule has 3 aromatic rings. The maximum atomic E-state index is 12.4. The quantitative estimate of drug-likeness (QED) is 0.733. The van der Waals surface area contributed by atoms with Gasteiger partial charge in [0.1, 0.15) is 18.2 Å². The number of tetrazole rings is 1. The second-order valence-electron chi connectivity index (χ2n) is 6.12. The van der Waals surface area contributed by atoms with Gasteiger partial charge in [0.15, 0.2) is 5.82 Å². The van der Waals surface area contributed by atoms with Crippen molar-refractivity contribution in [2.75, 3.05) is 5.32 Å². The molecule has 0 bridgehead atoms. The Labute approximate surface area is 151 Å². The number of amides is 1. The highest BCUT2D eigenvalue weighted by atomic mass is 16.5. The maximum absolute atomic E-state index is 12.4. The molecule has 0 aliphatic carbocycles. The third-order valence-electron chi connectivity index (χ3n) is 3.67. The number of anilines is 1. The van der Waals surface area contributed by atoms with Crippen molar-refractivity contribution >= 4 is 11.7 Å². The van der Waals surface area contributed by atoms with Crippen LogP contribution in [0.5, 0.6) is 5.75 Å². The summed E-state index contributed by atoms with van der Waals surface area (Å²) in [6.07, 6.45) is 1.66. The lowest BCUT2D eigenvalue weighted by Gasteiger charge is -2.10. The van der Waals surface area contributed by atoms with Crippen molar-refractivity contribution in [1.82, 2.24) is 25.2 Å². The predicted molar refractivity (Wildman–Crippen MR) is 95.9 cm³/mol. The van der Waals surface area contributed by atoms with Crippen LogP contribution in [-0.2, 0) is 6.61 Å². The minimum atomic E-state index is -0.249. The van der Waals surface area contributed by atoms with Crippen LogP contribution in [0, 0.1) is 6.92 Å². The van der Waals surface area contributed by atoms with E-state index < -0.39 is 0 Å². The molecule has 0 spiro atoms. The number of benzene rings is 1. The Hall–Kier alpha value is -3.29. The van der Waals surface area contributed by atoms with E-state index in [4.69, 9.17) is 4.74 Å². The maximum Gasteiger partial charge on any atom is 0.256 e. The fraction of sp³-hybridized carbons (Fsp3) is 0.278. The van der Waals surface area contributed by atoms with E-state index in [0.29, 0.717) is 23.0 Å². The van der Waals surface area contributed by atoms with Gasteiger partial charge in [0.25, 0.3) is 5.91 Å². The average molecular weight is 352 g/mol. The number of carbonyl (C=O) groups is 1. The van der Waals surface area contributed by atoms with E-state index >= 15 is 0 Å². The first-order chi connectivity index (χ1) is 12.5. The number of nitrogens with one attached hydrogen (secondary N) is 1. The minimum absolute atomic E-state index is 0.141. The van der Waals surface area contributed by atoms with Gasteiger partial charge in [-0.05, 0) is 67.1 Å². The van der Waals surface area contributed by atoms with Crippen LogP contribution < -0.4 is 10.1 Å². The molecule has 2 heterocycles. The van der Waals surface area contributed by atoms with Crippen LogP contribution in [0.15, 0.2) is 42.6 Å². The molecule has 0 atom stereocenters. The molecule has 1 aromatic carbocycles. The van der Waals surface area contributed by atoms with Gasteiger partial charge >= 0.3 is 0 Å². The lowest BCUT2D eigenvalue weighted by atomic mass is 10.2. The molecule has 0 aliphatic heterocycles. The number of aryl methyl sites for hydroxylation is 1. The monoisotopic (exact) mass is 352 g/mol. The summed E-state index contributed by atoms with van der Waals surface area (Å²) < 4.78 is 7.44. The molecule has 0 saturated carbocycles. The molecule has 2 aromatic heterocycles. The van der Waals surface area contributed by atoms with Gasteiger partial charge in [0.2, 0.25) is 0 Å². The van der Waals surface area contributed by atoms with Gasteiger partial charge in [-0.3, -0.25) is 4.79 Å². The summed E-state index contributed by atoms with van der Waals surface area (Å²) in [6, 6.07) is 10.8. The molecule has 3 rings (SSSR count). The summed E-state index contributed by atoms with van der Waals surface area (Å²) in [5, 5.41) is 14.3. The molecular weight excluding hydrogens is 332 g/mol. The Balaban J connectivity index is 1.67. The number of nitrogens with zero attached hydrogens (tertiary/aromatic N) is 5. The van der Waals surface area contributed by atoms with E-state index in [-0.39, 0.29) is 18.6 Å². The van der Waals surface area contributed by atoms with E-state index in [0.717, 1.165) is 5.56 Å². The van der Waals surface area contributed by atoms with Crippen molar-refractivity contribution in [2.24, 2.45) is 0 Å². The zero-order valence-corrected chi connectivity index (χ0v) is 14.9. The Kier molecular flexibility index (Phi) is 5.21. The normalized spacial score (nSPS) is 10.8. The molecule has 0 saturated heterocycles. The fourth-order valence-corrected chi connectivity index (χ4v) is 2.38. The van der Waals surface area contributed by atoms with E-state index in [1.807, 2.05) is 32.9 Å². The van der Waals surface area contributed by atoms with Gasteiger partial charge in [-0.1, -0.05) is 6.07 Å². The van der Waals surface area contributed by atoms with Crippen LogP contribution in [0.1, 0.15) is 41.6 Å². The van der Waals surface area contributed by atoms with Gasteiger partial charge in [-0.15, -0.1) is 5.10 Å². The number of ether oxygens (including phenoxy) is 1. The molecule has 0 aliphatic rings. The molecule has 1 N–H and O–H groups in total. The molecule has 1 amide bonds. The number of carbonyl (C=O) groups excluding carboxylic acids is 1. The van der Waals surface area contributed by atoms with E-state index in [9.17, 15) is 4.79 Å². The Morgan fingerprint density at radius 1 is 1.27 bits per heavy atom. The lowest BCUT2D eigenvalue weighted by Crippen LogP contribution is -2.13. The standard InChI is InChI=1S/C18H20N6O2/c1-12(2)24-17(21-22-23-24)11-26-15-6-4-5-14(10-15)18(25)20-16-9-13(3)7-8-19-16/h4-10,12H,11H2,1-3H3,(H,19,20,25). The zero-order chi connectivity index (χ0) is 18.5. The summed E-state index contributed by atoms with van der Waals surface area (Å²) in [4.78, 5) is 16.5. The highest BCUT2D eigenvalue weighted by Gasteiger charge is 2.11. The fourth-order valence-electron chi connectivity index (χ4n) is 2.38.